The van der Waals surface area contributed by atoms with Crippen molar-refractivity contribution in [3.63, 3.8) is 0 Å². The number of hydrogen-bond acceptors (Lipinski definition) is 3. The standard InChI is InChI=1S/C19H24N4O.ClH/c1-19(14-5-3-2-4-6-14)8-11-23(12-9-19)18(24)17-15-13-20-10-7-16(15)21-22-17;/h2-6,20H,7-13H2,1H3,(H,21,22);1H. The number of piperidine rings is 1. The number of aromatic amines is 1. The lowest BCUT2D eigenvalue weighted by Crippen LogP contribution is -2.44. The molecule has 1 aromatic heterocycles. The second-order valence-corrected chi connectivity index (χ2v) is 7.17. The number of aromatic nitrogens is 2. The molecule has 4 rings (SSSR count). The van der Waals surface area contributed by atoms with Crippen molar-refractivity contribution in [1.82, 2.24) is 20.4 Å². The molecule has 0 atom stereocenters. The van der Waals surface area contributed by atoms with E-state index in [0.717, 1.165) is 56.7 Å². The highest BCUT2D eigenvalue weighted by Crippen LogP contribution is 2.35. The predicted molar refractivity (Wildman–Crippen MR) is 100 cm³/mol. The number of nitrogens with one attached hydrogen (secondary N) is 2. The van der Waals surface area contributed by atoms with E-state index in [9.17, 15) is 4.79 Å². The molecule has 1 fully saturated rings. The van der Waals surface area contributed by atoms with E-state index in [1.807, 2.05) is 4.90 Å². The van der Waals surface area contributed by atoms with Gasteiger partial charge in [0.15, 0.2) is 5.69 Å². The topological polar surface area (TPSA) is 61.0 Å². The number of fused-ring (bicyclic) bond motifs is 1. The van der Waals surface area contributed by atoms with Crippen LogP contribution in [-0.4, -0.2) is 40.6 Å². The molecule has 1 amide bonds. The fourth-order valence-electron chi connectivity index (χ4n) is 3.88. The molecular weight excluding hydrogens is 336 g/mol. The molecule has 0 radical (unpaired) electrons. The fraction of sp³-hybridized carbons (Fsp3) is 0.474. The molecule has 2 N–H and O–H groups in total. The van der Waals surface area contributed by atoms with E-state index in [2.05, 4.69) is 52.8 Å². The highest BCUT2D eigenvalue weighted by molar-refractivity contribution is 5.94. The van der Waals surface area contributed by atoms with Crippen LogP contribution in [0.5, 0.6) is 0 Å². The number of amides is 1. The van der Waals surface area contributed by atoms with Gasteiger partial charge in [0.1, 0.15) is 0 Å². The first-order valence-corrected chi connectivity index (χ1v) is 8.79. The lowest BCUT2D eigenvalue weighted by molar-refractivity contribution is 0.0668. The van der Waals surface area contributed by atoms with E-state index >= 15 is 0 Å². The smallest absolute Gasteiger partial charge is 0.274 e. The number of rotatable bonds is 2. The van der Waals surface area contributed by atoms with Crippen molar-refractivity contribution in [2.45, 2.75) is 38.1 Å². The van der Waals surface area contributed by atoms with E-state index in [-0.39, 0.29) is 23.7 Å². The van der Waals surface area contributed by atoms with Crippen LogP contribution in [0, 0.1) is 0 Å². The highest BCUT2D eigenvalue weighted by atomic mass is 35.5. The van der Waals surface area contributed by atoms with Crippen LogP contribution in [-0.2, 0) is 18.4 Å². The highest BCUT2D eigenvalue weighted by Gasteiger charge is 2.35. The molecule has 134 valence electrons. The summed E-state index contributed by atoms with van der Waals surface area (Å²) in [5.41, 5.74) is 4.31. The number of carbonyl (C=O) groups excluding carboxylic acids is 1. The molecule has 0 bridgehead atoms. The van der Waals surface area contributed by atoms with Crippen LogP contribution < -0.4 is 5.32 Å². The van der Waals surface area contributed by atoms with E-state index in [1.54, 1.807) is 0 Å². The molecule has 25 heavy (non-hydrogen) atoms. The summed E-state index contributed by atoms with van der Waals surface area (Å²) in [6, 6.07) is 10.7. The summed E-state index contributed by atoms with van der Waals surface area (Å²) in [6.45, 7) is 5.58. The van der Waals surface area contributed by atoms with E-state index < -0.39 is 0 Å². The van der Waals surface area contributed by atoms with E-state index in [0.29, 0.717) is 5.69 Å². The van der Waals surface area contributed by atoms with E-state index in [4.69, 9.17) is 0 Å². The molecule has 0 spiro atoms. The zero-order chi connectivity index (χ0) is 16.6. The second kappa shape index (κ2) is 7.18. The van der Waals surface area contributed by atoms with Crippen molar-refractivity contribution in [3.8, 4) is 0 Å². The van der Waals surface area contributed by atoms with Gasteiger partial charge >= 0.3 is 0 Å². The Labute approximate surface area is 154 Å². The summed E-state index contributed by atoms with van der Waals surface area (Å²) in [5.74, 6) is 0.0753. The quantitative estimate of drug-likeness (QED) is 0.865. The van der Waals surface area contributed by atoms with Crippen molar-refractivity contribution < 1.29 is 4.79 Å². The average molecular weight is 361 g/mol. The van der Waals surface area contributed by atoms with Gasteiger partial charge in [-0.1, -0.05) is 37.3 Å². The maximum absolute atomic E-state index is 12.9. The van der Waals surface area contributed by atoms with Crippen molar-refractivity contribution in [2.75, 3.05) is 19.6 Å². The molecule has 1 saturated heterocycles. The van der Waals surface area contributed by atoms with Crippen molar-refractivity contribution in [3.05, 3.63) is 52.8 Å². The first-order chi connectivity index (χ1) is 11.7. The first kappa shape index (κ1) is 18.0. The number of carbonyl (C=O) groups is 1. The van der Waals surface area contributed by atoms with Gasteiger partial charge in [-0.3, -0.25) is 9.89 Å². The van der Waals surface area contributed by atoms with Gasteiger partial charge in [0.2, 0.25) is 0 Å². The van der Waals surface area contributed by atoms with Crippen molar-refractivity contribution in [2.24, 2.45) is 0 Å². The Morgan fingerprint density at radius 3 is 2.64 bits per heavy atom. The molecule has 2 aliphatic rings. The minimum Gasteiger partial charge on any atom is -0.337 e. The lowest BCUT2D eigenvalue weighted by Gasteiger charge is -2.39. The van der Waals surface area contributed by atoms with Crippen LogP contribution in [0.25, 0.3) is 0 Å². The minimum absolute atomic E-state index is 0. The van der Waals surface area contributed by atoms with Crippen LogP contribution >= 0.6 is 12.4 Å². The molecule has 5 nitrogen and oxygen atoms in total. The summed E-state index contributed by atoms with van der Waals surface area (Å²) in [7, 11) is 0. The molecule has 6 heteroatoms. The third-order valence-electron chi connectivity index (χ3n) is 5.63. The fourth-order valence-corrected chi connectivity index (χ4v) is 3.88. The summed E-state index contributed by atoms with van der Waals surface area (Å²) in [6.07, 6.45) is 2.91. The van der Waals surface area contributed by atoms with Crippen LogP contribution in [0.15, 0.2) is 30.3 Å². The average Bonchev–Trinajstić information content (AvgIpc) is 3.07. The molecule has 0 unspecified atom stereocenters. The van der Waals surface area contributed by atoms with Crippen molar-refractivity contribution in [1.29, 1.82) is 0 Å². The lowest BCUT2D eigenvalue weighted by atomic mass is 9.74. The summed E-state index contributed by atoms with van der Waals surface area (Å²) >= 11 is 0. The Morgan fingerprint density at radius 2 is 1.92 bits per heavy atom. The zero-order valence-electron chi connectivity index (χ0n) is 14.5. The maximum Gasteiger partial charge on any atom is 0.274 e. The molecule has 0 aliphatic carbocycles. The molecule has 2 aliphatic heterocycles. The molecule has 3 heterocycles. The Bertz CT molecular complexity index is 735. The molecule has 2 aromatic rings. The Hall–Kier alpha value is -1.85. The summed E-state index contributed by atoms with van der Waals surface area (Å²) in [5, 5.41) is 10.7. The van der Waals surface area contributed by atoms with Crippen LogP contribution in [0.3, 0.4) is 0 Å². The molecule has 1 aromatic carbocycles. The van der Waals surface area contributed by atoms with E-state index in [1.165, 1.54) is 5.56 Å². The number of nitrogens with zero attached hydrogens (tertiary/aromatic N) is 2. The third kappa shape index (κ3) is 3.31. The number of hydrogen-bond donors (Lipinski definition) is 2. The number of H-pyrrole nitrogens is 1. The largest absolute Gasteiger partial charge is 0.337 e. The molecular formula is C19H25ClN4O. The number of likely N-dealkylation sites (tertiary alicyclic amines) is 1. The van der Waals surface area contributed by atoms with Crippen molar-refractivity contribution >= 4 is 18.3 Å². The minimum atomic E-state index is 0. The Balaban J connectivity index is 0.00000182. The number of benzene rings is 1. The SMILES string of the molecule is CC1(c2ccccc2)CCN(C(=O)c2n[nH]c3c2CNCC3)CC1.Cl. The van der Waals surface area contributed by atoms with Gasteiger partial charge in [-0.05, 0) is 23.8 Å². The van der Waals surface area contributed by atoms with Gasteiger partial charge in [0.25, 0.3) is 5.91 Å². The zero-order valence-corrected chi connectivity index (χ0v) is 15.4. The van der Waals surface area contributed by atoms with Gasteiger partial charge < -0.3 is 10.2 Å². The van der Waals surface area contributed by atoms with Gasteiger partial charge in [-0.25, -0.2) is 0 Å². The van der Waals surface area contributed by atoms with Gasteiger partial charge in [0.05, 0.1) is 0 Å². The maximum atomic E-state index is 12.9. The van der Waals surface area contributed by atoms with Crippen LogP contribution in [0.2, 0.25) is 0 Å². The first-order valence-electron chi connectivity index (χ1n) is 8.79. The summed E-state index contributed by atoms with van der Waals surface area (Å²) in [4.78, 5) is 14.9. The Kier molecular flexibility index (Phi) is 5.16. The molecule has 0 saturated carbocycles. The van der Waals surface area contributed by atoms with Crippen LogP contribution in [0.4, 0.5) is 0 Å². The predicted octanol–water partition coefficient (Wildman–Crippen LogP) is 2.67. The normalized spacial score (nSPS) is 19.0. The van der Waals surface area contributed by atoms with Gasteiger partial charge in [0, 0.05) is 43.9 Å². The Morgan fingerprint density at radius 1 is 1.20 bits per heavy atom. The number of halogens is 1. The van der Waals surface area contributed by atoms with Crippen LogP contribution in [0.1, 0.15) is 47.1 Å². The monoisotopic (exact) mass is 360 g/mol. The van der Waals surface area contributed by atoms with Gasteiger partial charge in [-0.15, -0.1) is 12.4 Å². The van der Waals surface area contributed by atoms with Gasteiger partial charge in [-0.2, -0.15) is 5.10 Å². The third-order valence-corrected chi connectivity index (χ3v) is 5.63. The summed E-state index contributed by atoms with van der Waals surface area (Å²) < 4.78 is 0. The second-order valence-electron chi connectivity index (χ2n) is 7.17.